The van der Waals surface area contributed by atoms with Crippen LogP contribution in [0.2, 0.25) is 0 Å². The van der Waals surface area contributed by atoms with Crippen LogP contribution in [0.15, 0.2) is 84.6 Å². The first kappa shape index (κ1) is 21.6. The second-order valence-corrected chi connectivity index (χ2v) is 6.97. The smallest absolute Gasteiger partial charge is 0.352 e. The van der Waals surface area contributed by atoms with E-state index in [1.807, 2.05) is 38.1 Å². The van der Waals surface area contributed by atoms with Crippen LogP contribution < -0.4 is 14.8 Å². The van der Waals surface area contributed by atoms with Crippen LogP contribution in [0.4, 0.5) is 0 Å². The summed E-state index contributed by atoms with van der Waals surface area (Å²) in [5, 5.41) is 11.9. The predicted molar refractivity (Wildman–Crippen MR) is 118 cm³/mol. The van der Waals surface area contributed by atoms with E-state index in [0.717, 1.165) is 0 Å². The zero-order valence-electron chi connectivity index (χ0n) is 17.2. The molecule has 31 heavy (non-hydrogen) atoms. The number of carboxylic acid groups (broad SMARTS) is 1. The molecule has 0 saturated carbocycles. The molecule has 0 aliphatic rings. The molecular weight excluding hydrogens is 394 g/mol. The van der Waals surface area contributed by atoms with Crippen LogP contribution in [-0.4, -0.2) is 23.1 Å². The van der Waals surface area contributed by atoms with Gasteiger partial charge in [0.15, 0.2) is 11.5 Å². The Bertz CT molecular complexity index is 1070. The molecule has 3 aromatic rings. The minimum Gasteiger partial charge on any atom is -0.487 e. The van der Waals surface area contributed by atoms with Crippen molar-refractivity contribution < 1.29 is 24.2 Å². The van der Waals surface area contributed by atoms with E-state index in [0.29, 0.717) is 28.4 Å². The Morgan fingerprint density at radius 2 is 1.48 bits per heavy atom. The lowest BCUT2D eigenvalue weighted by molar-refractivity contribution is -0.132. The minimum atomic E-state index is -1.23. The average Bonchev–Trinajstić information content (AvgIpc) is 2.76. The van der Waals surface area contributed by atoms with Crippen LogP contribution in [0, 0.1) is 0 Å². The highest BCUT2D eigenvalue weighted by Gasteiger charge is 2.13. The third-order valence-corrected chi connectivity index (χ3v) is 4.15. The Hall–Kier alpha value is -4.06. The molecule has 158 valence electrons. The molecular formula is C25H23NO5. The number of rotatable bonds is 8. The van der Waals surface area contributed by atoms with Crippen molar-refractivity contribution in [3.8, 4) is 17.2 Å². The summed E-state index contributed by atoms with van der Waals surface area (Å²) in [6.45, 7) is 3.88. The van der Waals surface area contributed by atoms with E-state index in [9.17, 15) is 14.7 Å². The van der Waals surface area contributed by atoms with Gasteiger partial charge in [-0.2, -0.15) is 0 Å². The maximum atomic E-state index is 12.3. The fourth-order valence-electron chi connectivity index (χ4n) is 2.75. The monoisotopic (exact) mass is 417 g/mol. The highest BCUT2D eigenvalue weighted by Crippen LogP contribution is 2.32. The van der Waals surface area contributed by atoms with Crippen molar-refractivity contribution in [1.82, 2.24) is 5.32 Å². The Kier molecular flexibility index (Phi) is 7.06. The zero-order valence-corrected chi connectivity index (χ0v) is 17.2. The first-order valence-electron chi connectivity index (χ1n) is 9.77. The van der Waals surface area contributed by atoms with Crippen LogP contribution in [0.1, 0.15) is 29.8 Å². The Balaban J connectivity index is 1.74. The van der Waals surface area contributed by atoms with Crippen molar-refractivity contribution in [2.75, 3.05) is 0 Å². The van der Waals surface area contributed by atoms with Crippen LogP contribution >= 0.6 is 0 Å². The second-order valence-electron chi connectivity index (χ2n) is 6.97. The van der Waals surface area contributed by atoms with E-state index < -0.39 is 11.9 Å². The number of nitrogens with one attached hydrogen (secondary N) is 1. The summed E-state index contributed by atoms with van der Waals surface area (Å²) in [7, 11) is 0. The van der Waals surface area contributed by atoms with E-state index in [-0.39, 0.29) is 11.8 Å². The number of hydrogen-bond acceptors (Lipinski definition) is 4. The van der Waals surface area contributed by atoms with Crippen molar-refractivity contribution in [2.24, 2.45) is 0 Å². The third kappa shape index (κ3) is 6.21. The lowest BCUT2D eigenvalue weighted by Gasteiger charge is -2.14. The predicted octanol–water partition coefficient (Wildman–Crippen LogP) is 5.12. The molecule has 2 N–H and O–H groups in total. The van der Waals surface area contributed by atoms with Gasteiger partial charge in [-0.05, 0) is 61.9 Å². The number of amides is 1. The van der Waals surface area contributed by atoms with Crippen molar-refractivity contribution in [3.05, 3.63) is 95.7 Å². The van der Waals surface area contributed by atoms with Gasteiger partial charge >= 0.3 is 5.97 Å². The maximum Gasteiger partial charge on any atom is 0.352 e. The summed E-state index contributed by atoms with van der Waals surface area (Å²) in [5.41, 5.74) is 0.753. The third-order valence-electron chi connectivity index (χ3n) is 4.15. The lowest BCUT2D eigenvalue weighted by Crippen LogP contribution is -2.27. The molecule has 0 aliphatic carbocycles. The highest BCUT2D eigenvalue weighted by molar-refractivity contribution is 6.02. The SMILES string of the molecule is CC(C)Oc1ccccc1Oc1ccc(/C=C(\NC(=O)c2ccccc2)C(=O)O)cc1. The summed E-state index contributed by atoms with van der Waals surface area (Å²) < 4.78 is 11.7. The summed E-state index contributed by atoms with van der Waals surface area (Å²) in [6, 6.07) is 22.7. The van der Waals surface area contributed by atoms with Crippen molar-refractivity contribution in [2.45, 2.75) is 20.0 Å². The number of benzene rings is 3. The van der Waals surface area contributed by atoms with Gasteiger partial charge in [-0.15, -0.1) is 0 Å². The summed E-state index contributed by atoms with van der Waals surface area (Å²) in [4.78, 5) is 23.9. The second kappa shape index (κ2) is 10.1. The van der Waals surface area contributed by atoms with E-state index in [4.69, 9.17) is 9.47 Å². The molecule has 6 nitrogen and oxygen atoms in total. The van der Waals surface area contributed by atoms with Crippen molar-refractivity contribution >= 4 is 18.0 Å². The normalized spacial score (nSPS) is 11.1. The van der Waals surface area contributed by atoms with Gasteiger partial charge < -0.3 is 19.9 Å². The molecule has 0 atom stereocenters. The van der Waals surface area contributed by atoms with Gasteiger partial charge in [-0.3, -0.25) is 4.79 Å². The minimum absolute atomic E-state index is 0.0119. The van der Waals surface area contributed by atoms with E-state index >= 15 is 0 Å². The van der Waals surface area contributed by atoms with Gasteiger partial charge in [0.05, 0.1) is 6.10 Å². The van der Waals surface area contributed by atoms with Gasteiger partial charge in [0.2, 0.25) is 0 Å². The van der Waals surface area contributed by atoms with Crippen molar-refractivity contribution in [3.63, 3.8) is 0 Å². The van der Waals surface area contributed by atoms with Gasteiger partial charge in [0.25, 0.3) is 5.91 Å². The van der Waals surface area contributed by atoms with E-state index in [2.05, 4.69) is 5.32 Å². The number of ether oxygens (including phenoxy) is 2. The first-order valence-corrected chi connectivity index (χ1v) is 9.77. The summed E-state index contributed by atoms with van der Waals surface area (Å²) in [6.07, 6.45) is 1.40. The van der Waals surface area contributed by atoms with Gasteiger partial charge in [-0.25, -0.2) is 4.79 Å². The molecule has 0 aliphatic heterocycles. The molecule has 0 aromatic heterocycles. The largest absolute Gasteiger partial charge is 0.487 e. The Morgan fingerprint density at radius 3 is 2.10 bits per heavy atom. The molecule has 0 fully saturated rings. The number of aliphatic carboxylic acids is 1. The molecule has 0 heterocycles. The van der Waals surface area contributed by atoms with E-state index in [1.54, 1.807) is 54.6 Å². The zero-order chi connectivity index (χ0) is 22.2. The topological polar surface area (TPSA) is 84.9 Å². The molecule has 6 heteroatoms. The Labute approximate surface area is 180 Å². The molecule has 1 amide bonds. The standard InChI is InChI=1S/C25H23NO5/c1-17(2)30-22-10-6-7-11-23(22)31-20-14-12-18(13-15-20)16-21(25(28)29)26-24(27)19-8-4-3-5-9-19/h3-17H,1-2H3,(H,26,27)(H,28,29)/b21-16-. The van der Waals surface area contributed by atoms with Crippen molar-refractivity contribution in [1.29, 1.82) is 0 Å². The number of carboxylic acids is 1. The fourth-order valence-corrected chi connectivity index (χ4v) is 2.75. The Morgan fingerprint density at radius 1 is 0.871 bits per heavy atom. The highest BCUT2D eigenvalue weighted by atomic mass is 16.5. The first-order chi connectivity index (χ1) is 14.9. The quantitative estimate of drug-likeness (QED) is 0.497. The van der Waals surface area contributed by atoms with Crippen LogP contribution in [-0.2, 0) is 4.79 Å². The average molecular weight is 417 g/mol. The van der Waals surface area contributed by atoms with Gasteiger partial charge in [-0.1, -0.05) is 42.5 Å². The van der Waals surface area contributed by atoms with Crippen LogP contribution in [0.5, 0.6) is 17.2 Å². The molecule has 0 unspecified atom stereocenters. The summed E-state index contributed by atoms with van der Waals surface area (Å²) >= 11 is 0. The molecule has 0 saturated heterocycles. The molecule has 0 bridgehead atoms. The number of para-hydroxylation sites is 2. The number of hydrogen-bond donors (Lipinski definition) is 2. The molecule has 3 rings (SSSR count). The van der Waals surface area contributed by atoms with Crippen LogP contribution in [0.25, 0.3) is 6.08 Å². The molecule has 0 spiro atoms. The molecule has 3 aromatic carbocycles. The number of carbonyl (C=O) groups excluding carboxylic acids is 1. The fraction of sp³-hybridized carbons (Fsp3) is 0.120. The summed E-state index contributed by atoms with van der Waals surface area (Å²) in [5.74, 6) is 0.0709. The number of carbonyl (C=O) groups is 2. The lowest BCUT2D eigenvalue weighted by atomic mass is 10.1. The molecule has 0 radical (unpaired) electrons. The van der Waals surface area contributed by atoms with E-state index in [1.165, 1.54) is 6.08 Å². The van der Waals surface area contributed by atoms with Crippen LogP contribution in [0.3, 0.4) is 0 Å². The van der Waals surface area contributed by atoms with Gasteiger partial charge in [0, 0.05) is 5.56 Å². The van der Waals surface area contributed by atoms with Gasteiger partial charge in [0.1, 0.15) is 11.4 Å². The maximum absolute atomic E-state index is 12.3.